The molecule has 0 aliphatic rings. The highest BCUT2D eigenvalue weighted by atomic mass is 35.5. The Labute approximate surface area is 128 Å². The third-order valence-corrected chi connectivity index (χ3v) is 3.40. The summed E-state index contributed by atoms with van der Waals surface area (Å²) in [6.45, 7) is 4.42. The predicted octanol–water partition coefficient (Wildman–Crippen LogP) is 4.78. The monoisotopic (exact) mass is 310 g/mol. The fourth-order valence-electron chi connectivity index (χ4n) is 2.08. The number of hydrogen-bond donors (Lipinski definition) is 1. The van der Waals surface area contributed by atoms with Gasteiger partial charge in [0.1, 0.15) is 11.9 Å². The molecule has 0 aliphatic carbocycles. The Morgan fingerprint density at radius 3 is 2.35 bits per heavy atom. The van der Waals surface area contributed by atoms with Gasteiger partial charge in [-0.25, -0.2) is 0 Å². The Hall–Kier alpha value is -1.22. The van der Waals surface area contributed by atoms with Crippen molar-refractivity contribution in [2.45, 2.75) is 20.0 Å². The average molecular weight is 311 g/mol. The highest BCUT2D eigenvalue weighted by Crippen LogP contribution is 2.33. The van der Waals surface area contributed by atoms with E-state index < -0.39 is 6.10 Å². The SMILES string of the molecule is CCOc1ccc(C)cc1C(O)c1cc(Cl)cc(Cl)c1. The van der Waals surface area contributed by atoms with Crippen LogP contribution in [0.1, 0.15) is 29.7 Å². The summed E-state index contributed by atoms with van der Waals surface area (Å²) in [5.41, 5.74) is 2.41. The van der Waals surface area contributed by atoms with Gasteiger partial charge in [-0.15, -0.1) is 0 Å². The van der Waals surface area contributed by atoms with Crippen LogP contribution in [-0.2, 0) is 0 Å². The molecule has 0 heterocycles. The molecule has 0 saturated carbocycles. The van der Waals surface area contributed by atoms with Gasteiger partial charge in [-0.1, -0.05) is 34.8 Å². The second kappa shape index (κ2) is 6.49. The van der Waals surface area contributed by atoms with E-state index in [1.54, 1.807) is 18.2 Å². The highest BCUT2D eigenvalue weighted by Gasteiger charge is 2.17. The first kappa shape index (κ1) is 15.2. The smallest absolute Gasteiger partial charge is 0.125 e. The van der Waals surface area contributed by atoms with Crippen LogP contribution in [-0.4, -0.2) is 11.7 Å². The predicted molar refractivity (Wildman–Crippen MR) is 82.9 cm³/mol. The molecule has 1 N–H and O–H groups in total. The molecule has 1 unspecified atom stereocenters. The van der Waals surface area contributed by atoms with Crippen LogP contribution in [0, 0.1) is 6.92 Å². The summed E-state index contributed by atoms with van der Waals surface area (Å²) < 4.78 is 5.57. The number of aryl methyl sites for hydroxylation is 1. The van der Waals surface area contributed by atoms with E-state index in [1.807, 2.05) is 32.0 Å². The van der Waals surface area contributed by atoms with Crippen molar-refractivity contribution in [3.05, 3.63) is 63.1 Å². The number of rotatable bonds is 4. The lowest BCUT2D eigenvalue weighted by Crippen LogP contribution is -2.04. The molecular weight excluding hydrogens is 295 g/mol. The molecule has 0 fully saturated rings. The van der Waals surface area contributed by atoms with Crippen molar-refractivity contribution in [1.82, 2.24) is 0 Å². The Kier molecular flexibility index (Phi) is 4.92. The molecule has 0 aromatic heterocycles. The van der Waals surface area contributed by atoms with E-state index in [-0.39, 0.29) is 0 Å². The third kappa shape index (κ3) is 3.45. The summed E-state index contributed by atoms with van der Waals surface area (Å²) in [6, 6.07) is 10.8. The summed E-state index contributed by atoms with van der Waals surface area (Å²) in [6.07, 6.45) is -0.826. The topological polar surface area (TPSA) is 29.5 Å². The first-order valence-electron chi connectivity index (χ1n) is 6.38. The molecule has 1 atom stereocenters. The number of halogens is 2. The van der Waals surface area contributed by atoms with Crippen molar-refractivity contribution in [3.63, 3.8) is 0 Å². The molecule has 0 saturated heterocycles. The second-order valence-electron chi connectivity index (χ2n) is 4.58. The molecule has 2 rings (SSSR count). The standard InChI is InChI=1S/C16H16Cl2O2/c1-3-20-15-5-4-10(2)6-14(15)16(19)11-7-12(17)9-13(18)8-11/h4-9,16,19H,3H2,1-2H3. The lowest BCUT2D eigenvalue weighted by atomic mass is 9.99. The fraction of sp³-hybridized carbons (Fsp3) is 0.250. The van der Waals surface area contributed by atoms with Gasteiger partial charge >= 0.3 is 0 Å². The molecule has 0 bridgehead atoms. The van der Waals surface area contributed by atoms with Crippen molar-refractivity contribution in [2.24, 2.45) is 0 Å². The maximum Gasteiger partial charge on any atom is 0.125 e. The number of ether oxygens (including phenoxy) is 1. The number of benzene rings is 2. The van der Waals surface area contributed by atoms with Crippen LogP contribution < -0.4 is 4.74 Å². The van der Waals surface area contributed by atoms with Gasteiger partial charge in [0.2, 0.25) is 0 Å². The first-order valence-corrected chi connectivity index (χ1v) is 7.14. The summed E-state index contributed by atoms with van der Waals surface area (Å²) in [4.78, 5) is 0. The fourth-order valence-corrected chi connectivity index (χ4v) is 2.62. The molecule has 0 aliphatic heterocycles. The Bertz CT molecular complexity index is 591. The second-order valence-corrected chi connectivity index (χ2v) is 5.45. The molecule has 0 spiro atoms. The van der Waals surface area contributed by atoms with E-state index in [0.29, 0.717) is 33.5 Å². The Balaban J connectivity index is 2.46. The highest BCUT2D eigenvalue weighted by molar-refractivity contribution is 6.34. The molecular formula is C16H16Cl2O2. The van der Waals surface area contributed by atoms with Gasteiger partial charge in [-0.2, -0.15) is 0 Å². The molecule has 2 aromatic rings. The molecule has 2 nitrogen and oxygen atoms in total. The minimum atomic E-state index is -0.826. The third-order valence-electron chi connectivity index (χ3n) is 2.96. The molecule has 4 heteroatoms. The van der Waals surface area contributed by atoms with Crippen molar-refractivity contribution in [3.8, 4) is 5.75 Å². The van der Waals surface area contributed by atoms with E-state index in [4.69, 9.17) is 27.9 Å². The summed E-state index contributed by atoms with van der Waals surface area (Å²) in [5, 5.41) is 11.6. The van der Waals surface area contributed by atoms with E-state index in [2.05, 4.69) is 0 Å². The Morgan fingerprint density at radius 2 is 1.75 bits per heavy atom. The molecule has 2 aromatic carbocycles. The average Bonchev–Trinajstić information content (AvgIpc) is 2.39. The quantitative estimate of drug-likeness (QED) is 0.880. The lowest BCUT2D eigenvalue weighted by Gasteiger charge is -2.17. The van der Waals surface area contributed by atoms with E-state index in [1.165, 1.54) is 0 Å². The van der Waals surface area contributed by atoms with Gasteiger partial charge in [-0.3, -0.25) is 0 Å². The number of hydrogen-bond acceptors (Lipinski definition) is 2. The Morgan fingerprint density at radius 1 is 1.10 bits per heavy atom. The zero-order valence-corrected chi connectivity index (χ0v) is 12.9. The van der Waals surface area contributed by atoms with Gasteiger partial charge in [0.05, 0.1) is 6.61 Å². The first-order chi connectivity index (χ1) is 9.51. The van der Waals surface area contributed by atoms with Crippen LogP contribution in [0.15, 0.2) is 36.4 Å². The van der Waals surface area contributed by atoms with Gasteiger partial charge in [0, 0.05) is 15.6 Å². The van der Waals surface area contributed by atoms with Gasteiger partial charge in [0.25, 0.3) is 0 Å². The van der Waals surface area contributed by atoms with Crippen molar-refractivity contribution in [1.29, 1.82) is 0 Å². The van der Waals surface area contributed by atoms with E-state index in [9.17, 15) is 5.11 Å². The normalized spacial score (nSPS) is 12.2. The molecule has 0 amide bonds. The van der Waals surface area contributed by atoms with Crippen LogP contribution in [0.2, 0.25) is 10.0 Å². The minimum absolute atomic E-state index is 0.497. The summed E-state index contributed by atoms with van der Waals surface area (Å²) in [5.74, 6) is 0.668. The van der Waals surface area contributed by atoms with Crippen LogP contribution in [0.25, 0.3) is 0 Å². The maximum atomic E-state index is 10.6. The van der Waals surface area contributed by atoms with Crippen LogP contribution in [0.5, 0.6) is 5.75 Å². The number of aliphatic hydroxyl groups excluding tert-OH is 1. The van der Waals surface area contributed by atoms with E-state index in [0.717, 1.165) is 5.56 Å². The van der Waals surface area contributed by atoms with Crippen LogP contribution in [0.3, 0.4) is 0 Å². The minimum Gasteiger partial charge on any atom is -0.493 e. The summed E-state index contributed by atoms with van der Waals surface area (Å²) in [7, 11) is 0. The van der Waals surface area contributed by atoms with Crippen molar-refractivity contribution >= 4 is 23.2 Å². The van der Waals surface area contributed by atoms with Gasteiger partial charge < -0.3 is 9.84 Å². The molecule has 20 heavy (non-hydrogen) atoms. The zero-order chi connectivity index (χ0) is 14.7. The zero-order valence-electron chi connectivity index (χ0n) is 11.4. The van der Waals surface area contributed by atoms with Crippen LogP contribution >= 0.6 is 23.2 Å². The van der Waals surface area contributed by atoms with Crippen LogP contribution in [0.4, 0.5) is 0 Å². The maximum absolute atomic E-state index is 10.6. The molecule has 0 radical (unpaired) electrons. The lowest BCUT2D eigenvalue weighted by molar-refractivity contribution is 0.212. The largest absolute Gasteiger partial charge is 0.493 e. The van der Waals surface area contributed by atoms with Crippen molar-refractivity contribution in [2.75, 3.05) is 6.61 Å². The number of aliphatic hydroxyl groups is 1. The summed E-state index contributed by atoms with van der Waals surface area (Å²) >= 11 is 12.0. The van der Waals surface area contributed by atoms with Crippen molar-refractivity contribution < 1.29 is 9.84 Å². The van der Waals surface area contributed by atoms with Gasteiger partial charge in [-0.05, 0) is 49.7 Å². The van der Waals surface area contributed by atoms with E-state index >= 15 is 0 Å². The van der Waals surface area contributed by atoms with Gasteiger partial charge in [0.15, 0.2) is 0 Å². The molecule has 106 valence electrons.